The number of carbonyl (C=O) groups excluding carboxylic acids is 1. The van der Waals surface area contributed by atoms with E-state index >= 15 is 0 Å². The summed E-state index contributed by atoms with van der Waals surface area (Å²) in [6.45, 7) is 2.65. The number of halogens is 4. The van der Waals surface area contributed by atoms with Crippen molar-refractivity contribution in [1.29, 1.82) is 0 Å². The molecule has 0 spiro atoms. The molecule has 1 atom stereocenters. The van der Waals surface area contributed by atoms with Crippen LogP contribution in [-0.4, -0.2) is 39.2 Å². The zero-order valence-corrected chi connectivity index (χ0v) is 17.1. The molecule has 0 bridgehead atoms. The largest absolute Gasteiger partial charge is 0.495 e. The van der Waals surface area contributed by atoms with Crippen molar-refractivity contribution in [3.63, 3.8) is 0 Å². The Morgan fingerprint density at radius 1 is 1.20 bits per heavy atom. The lowest BCUT2D eigenvalue weighted by Gasteiger charge is -2.30. The number of Topliss-reactive ketones (excluding diaryl/α,β-unsaturated/α-hetero) is 1. The normalized spacial score (nSPS) is 19.2. The molecule has 1 heterocycles. The average Bonchev–Trinajstić information content (AvgIpc) is 3.03. The maximum atomic E-state index is 13.4. The van der Waals surface area contributed by atoms with Crippen LogP contribution in [0.4, 0.5) is 18.9 Å². The Balaban J connectivity index is 1.63. The minimum Gasteiger partial charge on any atom is -0.495 e. The van der Waals surface area contributed by atoms with Gasteiger partial charge >= 0.3 is 6.18 Å². The maximum absolute atomic E-state index is 13.4. The third-order valence-electron chi connectivity index (χ3n) is 5.70. The van der Waals surface area contributed by atoms with Gasteiger partial charge in [-0.1, -0.05) is 17.7 Å². The molecule has 1 aliphatic carbocycles. The number of benzene rings is 2. The third-order valence-corrected chi connectivity index (χ3v) is 5.94. The summed E-state index contributed by atoms with van der Waals surface area (Å²) < 4.78 is 51.2. The predicted octanol–water partition coefficient (Wildman–Crippen LogP) is 4.80. The first-order chi connectivity index (χ1) is 14.3. The molecule has 30 heavy (non-hydrogen) atoms. The second-order valence-corrected chi connectivity index (χ2v) is 7.99. The highest BCUT2D eigenvalue weighted by atomic mass is 35.5. The van der Waals surface area contributed by atoms with Gasteiger partial charge in [-0.15, -0.1) is 0 Å². The summed E-state index contributed by atoms with van der Waals surface area (Å²) in [4.78, 5) is 15.1. The van der Waals surface area contributed by atoms with E-state index in [4.69, 9.17) is 21.1 Å². The molecular weight excluding hydrogens is 419 g/mol. The van der Waals surface area contributed by atoms with Crippen LogP contribution in [-0.2, 0) is 23.8 Å². The molecule has 1 saturated heterocycles. The van der Waals surface area contributed by atoms with Crippen molar-refractivity contribution in [2.45, 2.75) is 19.0 Å². The molecule has 8 heteroatoms. The quantitative estimate of drug-likeness (QED) is 0.686. The van der Waals surface area contributed by atoms with E-state index in [0.717, 1.165) is 17.3 Å². The Hall–Kier alpha value is -2.25. The van der Waals surface area contributed by atoms with Crippen LogP contribution in [0.15, 0.2) is 30.3 Å². The zero-order chi connectivity index (χ0) is 21.5. The Labute approximate surface area is 177 Å². The highest BCUT2D eigenvalue weighted by molar-refractivity contribution is 6.30. The standard InChI is InChI=1S/C22H21ClF3NO3/c1-29-20-12-17-14(10-19(20)27-4-6-30-7-5-27)9-15(21(17)28)8-13-2-3-16(23)11-18(13)22(24,25)26/h2-3,10-12,15H,4-9H2,1H3. The first kappa shape index (κ1) is 21.0. The average molecular weight is 440 g/mol. The second kappa shape index (κ2) is 8.12. The Morgan fingerprint density at radius 2 is 1.93 bits per heavy atom. The number of carbonyl (C=O) groups is 1. The Bertz CT molecular complexity index is 971. The van der Waals surface area contributed by atoms with Crippen molar-refractivity contribution >= 4 is 23.1 Å². The van der Waals surface area contributed by atoms with E-state index in [0.29, 0.717) is 44.0 Å². The van der Waals surface area contributed by atoms with Gasteiger partial charge < -0.3 is 14.4 Å². The lowest BCUT2D eigenvalue weighted by Crippen LogP contribution is -2.36. The van der Waals surface area contributed by atoms with Gasteiger partial charge in [-0.05, 0) is 48.2 Å². The second-order valence-electron chi connectivity index (χ2n) is 7.55. The number of ketones is 1. The highest BCUT2D eigenvalue weighted by Crippen LogP contribution is 2.40. The number of methoxy groups -OCH3 is 1. The number of hydrogen-bond acceptors (Lipinski definition) is 4. The van der Waals surface area contributed by atoms with Crippen molar-refractivity contribution in [3.05, 3.63) is 57.6 Å². The Kier molecular flexibility index (Phi) is 5.68. The smallest absolute Gasteiger partial charge is 0.416 e. The lowest BCUT2D eigenvalue weighted by molar-refractivity contribution is -0.138. The number of alkyl halides is 3. The number of nitrogens with zero attached hydrogens (tertiary/aromatic N) is 1. The molecule has 0 aromatic heterocycles. The summed E-state index contributed by atoms with van der Waals surface area (Å²) in [5.74, 6) is -0.112. The number of ether oxygens (including phenoxy) is 2. The molecule has 0 radical (unpaired) electrons. The number of fused-ring (bicyclic) bond motifs is 1. The van der Waals surface area contributed by atoms with Crippen molar-refractivity contribution < 1.29 is 27.4 Å². The Morgan fingerprint density at radius 3 is 2.60 bits per heavy atom. The number of morpholine rings is 1. The fraction of sp³-hybridized carbons (Fsp3) is 0.409. The van der Waals surface area contributed by atoms with E-state index in [9.17, 15) is 18.0 Å². The van der Waals surface area contributed by atoms with Gasteiger partial charge in [0.25, 0.3) is 0 Å². The van der Waals surface area contributed by atoms with Crippen LogP contribution in [0, 0.1) is 5.92 Å². The topological polar surface area (TPSA) is 38.8 Å². The van der Waals surface area contributed by atoms with Gasteiger partial charge in [-0.2, -0.15) is 13.2 Å². The van der Waals surface area contributed by atoms with Gasteiger partial charge in [0, 0.05) is 29.6 Å². The summed E-state index contributed by atoms with van der Waals surface area (Å²) in [6.07, 6.45) is -4.12. The lowest BCUT2D eigenvalue weighted by atomic mass is 9.92. The predicted molar refractivity (Wildman–Crippen MR) is 108 cm³/mol. The molecule has 0 N–H and O–H groups in total. The fourth-order valence-electron chi connectivity index (χ4n) is 4.22. The summed E-state index contributed by atoms with van der Waals surface area (Å²) in [5.41, 5.74) is 1.55. The number of anilines is 1. The van der Waals surface area contributed by atoms with E-state index < -0.39 is 17.7 Å². The van der Waals surface area contributed by atoms with Crippen LogP contribution in [0.1, 0.15) is 27.0 Å². The first-order valence-electron chi connectivity index (χ1n) is 9.71. The van der Waals surface area contributed by atoms with Gasteiger partial charge in [0.2, 0.25) is 0 Å². The molecule has 2 aromatic carbocycles. The van der Waals surface area contributed by atoms with Crippen molar-refractivity contribution in [3.8, 4) is 5.75 Å². The van der Waals surface area contributed by atoms with E-state index in [1.807, 2.05) is 6.07 Å². The molecule has 1 unspecified atom stereocenters. The van der Waals surface area contributed by atoms with Crippen LogP contribution in [0.25, 0.3) is 0 Å². The van der Waals surface area contributed by atoms with E-state index in [1.54, 1.807) is 13.2 Å². The monoisotopic (exact) mass is 439 g/mol. The van der Waals surface area contributed by atoms with Crippen molar-refractivity contribution in [2.75, 3.05) is 38.3 Å². The van der Waals surface area contributed by atoms with E-state index in [1.165, 1.54) is 12.1 Å². The molecule has 2 aliphatic rings. The molecule has 0 amide bonds. The highest BCUT2D eigenvalue weighted by Gasteiger charge is 2.37. The summed E-state index contributed by atoms with van der Waals surface area (Å²) in [7, 11) is 1.55. The maximum Gasteiger partial charge on any atom is 0.416 e. The molecule has 160 valence electrons. The molecule has 0 saturated carbocycles. The van der Waals surface area contributed by atoms with Crippen LogP contribution in [0.2, 0.25) is 5.02 Å². The summed E-state index contributed by atoms with van der Waals surface area (Å²) >= 11 is 5.77. The van der Waals surface area contributed by atoms with Crippen LogP contribution >= 0.6 is 11.6 Å². The zero-order valence-electron chi connectivity index (χ0n) is 16.4. The molecule has 4 nitrogen and oxygen atoms in total. The van der Waals surface area contributed by atoms with Gasteiger partial charge in [-0.25, -0.2) is 0 Å². The SMILES string of the molecule is COc1cc2c(cc1N1CCOCC1)CC(Cc1ccc(Cl)cc1C(F)(F)F)C2=O. The van der Waals surface area contributed by atoms with E-state index in [-0.39, 0.29) is 22.8 Å². The van der Waals surface area contributed by atoms with Gasteiger partial charge in [0.05, 0.1) is 31.6 Å². The van der Waals surface area contributed by atoms with Crippen LogP contribution in [0.3, 0.4) is 0 Å². The molecule has 1 fully saturated rings. The molecule has 4 rings (SSSR count). The first-order valence-corrected chi connectivity index (χ1v) is 10.1. The minimum absolute atomic E-state index is 0.00866. The number of hydrogen-bond donors (Lipinski definition) is 0. The van der Waals surface area contributed by atoms with Crippen molar-refractivity contribution in [1.82, 2.24) is 0 Å². The van der Waals surface area contributed by atoms with Crippen LogP contribution < -0.4 is 9.64 Å². The summed E-state index contributed by atoms with van der Waals surface area (Å²) in [5, 5.41) is 0.0204. The van der Waals surface area contributed by atoms with Gasteiger partial charge in [0.15, 0.2) is 5.78 Å². The molecular formula is C22H21ClF3NO3. The minimum atomic E-state index is -4.53. The molecule has 2 aromatic rings. The van der Waals surface area contributed by atoms with Crippen molar-refractivity contribution in [2.24, 2.45) is 5.92 Å². The fourth-order valence-corrected chi connectivity index (χ4v) is 4.40. The van der Waals surface area contributed by atoms with E-state index in [2.05, 4.69) is 4.90 Å². The number of rotatable bonds is 4. The van der Waals surface area contributed by atoms with Gasteiger partial charge in [0.1, 0.15) is 5.75 Å². The van der Waals surface area contributed by atoms with Crippen LogP contribution in [0.5, 0.6) is 5.75 Å². The molecule has 1 aliphatic heterocycles. The van der Waals surface area contributed by atoms with Gasteiger partial charge in [-0.3, -0.25) is 4.79 Å². The summed E-state index contributed by atoms with van der Waals surface area (Å²) in [6, 6.07) is 7.36. The third kappa shape index (κ3) is 4.01.